The summed E-state index contributed by atoms with van der Waals surface area (Å²) in [7, 11) is 0. The molecule has 6 heteroatoms. The van der Waals surface area contributed by atoms with Gasteiger partial charge in [-0.05, 0) is 48.0 Å². The molecule has 0 aliphatic carbocycles. The molecular formula is C13H12BrNO4. The van der Waals surface area contributed by atoms with E-state index in [-0.39, 0.29) is 6.61 Å². The third-order valence-electron chi connectivity index (χ3n) is 2.52. The molecular weight excluding hydrogens is 314 g/mol. The molecule has 2 rings (SSSR count). The van der Waals surface area contributed by atoms with E-state index < -0.39 is 5.97 Å². The smallest absolute Gasteiger partial charge is 0.331 e. The van der Waals surface area contributed by atoms with Crippen LogP contribution in [0.4, 0.5) is 0 Å². The zero-order chi connectivity index (χ0) is 13.8. The summed E-state index contributed by atoms with van der Waals surface area (Å²) in [5.41, 5.74) is 1.52. The third kappa shape index (κ3) is 3.57. The summed E-state index contributed by atoms with van der Waals surface area (Å²) in [5, 5.41) is 3.79. The fourth-order valence-corrected chi connectivity index (χ4v) is 1.79. The number of rotatable bonds is 4. The number of aryl methyl sites for hydroxylation is 2. The first-order valence-corrected chi connectivity index (χ1v) is 6.37. The number of carbonyl (C=O) groups excluding carboxylic acids is 1. The first-order chi connectivity index (χ1) is 9.06. The van der Waals surface area contributed by atoms with Gasteiger partial charge in [-0.3, -0.25) is 0 Å². The standard InChI is InChI=1S/C13H12BrNO4/c1-8-11(9(2)19-15-8)7-17-13(16)6-4-10-3-5-12(14)18-10/h3-6H,7H2,1-2H3. The van der Waals surface area contributed by atoms with Crippen LogP contribution in [0.2, 0.25) is 0 Å². The van der Waals surface area contributed by atoms with Crippen LogP contribution in [0, 0.1) is 13.8 Å². The lowest BCUT2D eigenvalue weighted by Gasteiger charge is -2.00. The Balaban J connectivity index is 1.90. The first-order valence-electron chi connectivity index (χ1n) is 5.58. The van der Waals surface area contributed by atoms with E-state index in [1.54, 1.807) is 32.1 Å². The van der Waals surface area contributed by atoms with E-state index in [0.717, 1.165) is 11.3 Å². The summed E-state index contributed by atoms with van der Waals surface area (Å²) in [6.07, 6.45) is 2.85. The lowest BCUT2D eigenvalue weighted by molar-refractivity contribution is -0.138. The number of esters is 1. The van der Waals surface area contributed by atoms with Gasteiger partial charge >= 0.3 is 5.97 Å². The van der Waals surface area contributed by atoms with Gasteiger partial charge in [-0.15, -0.1) is 0 Å². The molecule has 0 spiro atoms. The number of furan rings is 1. The molecule has 0 radical (unpaired) electrons. The number of halogens is 1. The van der Waals surface area contributed by atoms with E-state index in [1.807, 2.05) is 0 Å². The van der Waals surface area contributed by atoms with Gasteiger partial charge in [-0.2, -0.15) is 0 Å². The largest absolute Gasteiger partial charge is 0.457 e. The van der Waals surface area contributed by atoms with Crippen LogP contribution < -0.4 is 0 Å². The second kappa shape index (κ2) is 5.88. The molecule has 0 saturated carbocycles. The highest BCUT2D eigenvalue weighted by atomic mass is 79.9. The van der Waals surface area contributed by atoms with E-state index in [9.17, 15) is 4.79 Å². The molecule has 19 heavy (non-hydrogen) atoms. The van der Waals surface area contributed by atoms with Crippen molar-refractivity contribution in [3.63, 3.8) is 0 Å². The van der Waals surface area contributed by atoms with Crippen molar-refractivity contribution in [3.05, 3.63) is 45.7 Å². The molecule has 2 heterocycles. The molecule has 0 bridgehead atoms. The molecule has 0 saturated heterocycles. The van der Waals surface area contributed by atoms with Crippen LogP contribution in [0.25, 0.3) is 6.08 Å². The van der Waals surface area contributed by atoms with E-state index >= 15 is 0 Å². The maximum absolute atomic E-state index is 11.5. The van der Waals surface area contributed by atoms with Crippen molar-refractivity contribution >= 4 is 28.0 Å². The summed E-state index contributed by atoms with van der Waals surface area (Å²) >= 11 is 3.18. The highest BCUT2D eigenvalue weighted by Crippen LogP contribution is 2.16. The normalized spacial score (nSPS) is 11.1. The van der Waals surface area contributed by atoms with Crippen LogP contribution in [0.3, 0.4) is 0 Å². The Morgan fingerprint density at radius 3 is 2.84 bits per heavy atom. The van der Waals surface area contributed by atoms with Gasteiger partial charge in [-0.25, -0.2) is 4.79 Å². The van der Waals surface area contributed by atoms with Gasteiger partial charge in [0.05, 0.1) is 11.3 Å². The first kappa shape index (κ1) is 13.6. The lowest BCUT2D eigenvalue weighted by Crippen LogP contribution is -2.02. The van der Waals surface area contributed by atoms with Crippen molar-refractivity contribution in [1.82, 2.24) is 5.16 Å². The number of ether oxygens (including phenoxy) is 1. The maximum atomic E-state index is 11.5. The summed E-state index contributed by atoms with van der Waals surface area (Å²) in [4.78, 5) is 11.5. The van der Waals surface area contributed by atoms with E-state index in [4.69, 9.17) is 13.7 Å². The average molecular weight is 326 g/mol. The molecule has 0 aromatic carbocycles. The lowest BCUT2D eigenvalue weighted by atomic mass is 10.2. The molecule has 100 valence electrons. The second-order valence-corrected chi connectivity index (χ2v) is 4.67. The minimum Gasteiger partial charge on any atom is -0.457 e. The fourth-order valence-electron chi connectivity index (χ4n) is 1.47. The maximum Gasteiger partial charge on any atom is 0.331 e. The van der Waals surface area contributed by atoms with Crippen LogP contribution in [0.1, 0.15) is 22.8 Å². The van der Waals surface area contributed by atoms with Crippen LogP contribution >= 0.6 is 15.9 Å². The van der Waals surface area contributed by atoms with E-state index in [2.05, 4.69) is 21.1 Å². The third-order valence-corrected chi connectivity index (χ3v) is 2.94. The number of hydrogen-bond donors (Lipinski definition) is 0. The molecule has 0 fully saturated rings. The topological polar surface area (TPSA) is 65.5 Å². The fraction of sp³-hybridized carbons (Fsp3) is 0.231. The van der Waals surface area contributed by atoms with Crippen LogP contribution in [0.5, 0.6) is 0 Å². The van der Waals surface area contributed by atoms with Gasteiger partial charge < -0.3 is 13.7 Å². The second-order valence-electron chi connectivity index (χ2n) is 3.89. The van der Waals surface area contributed by atoms with Gasteiger partial charge in [0, 0.05) is 6.08 Å². The molecule has 2 aromatic rings. The minimum atomic E-state index is -0.451. The zero-order valence-corrected chi connectivity index (χ0v) is 12.1. The zero-order valence-electron chi connectivity index (χ0n) is 10.5. The van der Waals surface area contributed by atoms with Gasteiger partial charge in [0.25, 0.3) is 0 Å². The molecule has 0 atom stereocenters. The Bertz CT molecular complexity index is 592. The van der Waals surface area contributed by atoms with E-state index in [1.165, 1.54) is 6.08 Å². The molecule has 2 aromatic heterocycles. The number of nitrogens with zero attached hydrogens (tertiary/aromatic N) is 1. The van der Waals surface area contributed by atoms with Gasteiger partial charge in [0.2, 0.25) is 0 Å². The molecule has 0 aliphatic heterocycles. The molecule has 0 unspecified atom stereocenters. The molecule has 5 nitrogen and oxygen atoms in total. The molecule has 0 N–H and O–H groups in total. The van der Waals surface area contributed by atoms with Crippen molar-refractivity contribution in [2.75, 3.05) is 0 Å². The summed E-state index contributed by atoms with van der Waals surface area (Å²) < 4.78 is 15.9. The Kier molecular flexibility index (Phi) is 4.21. The monoisotopic (exact) mass is 325 g/mol. The molecule has 0 aliphatic rings. The quantitative estimate of drug-likeness (QED) is 0.636. The summed E-state index contributed by atoms with van der Waals surface area (Å²) in [5.74, 6) is 0.776. The van der Waals surface area contributed by atoms with Crippen LogP contribution in [-0.4, -0.2) is 11.1 Å². The van der Waals surface area contributed by atoms with E-state index in [0.29, 0.717) is 16.2 Å². The van der Waals surface area contributed by atoms with Gasteiger partial charge in [0.1, 0.15) is 18.1 Å². The van der Waals surface area contributed by atoms with Gasteiger partial charge in [0.15, 0.2) is 4.67 Å². The predicted molar refractivity (Wildman–Crippen MR) is 71.2 cm³/mol. The van der Waals surface area contributed by atoms with Crippen molar-refractivity contribution < 1.29 is 18.5 Å². The number of carbonyl (C=O) groups is 1. The summed E-state index contributed by atoms with van der Waals surface area (Å²) in [6, 6.07) is 3.48. The van der Waals surface area contributed by atoms with Crippen LogP contribution in [0.15, 0.2) is 31.8 Å². The Morgan fingerprint density at radius 2 is 2.26 bits per heavy atom. The Labute approximate surface area is 118 Å². The Morgan fingerprint density at radius 1 is 1.47 bits per heavy atom. The highest BCUT2D eigenvalue weighted by molar-refractivity contribution is 9.10. The van der Waals surface area contributed by atoms with Crippen molar-refractivity contribution in [1.29, 1.82) is 0 Å². The number of aromatic nitrogens is 1. The highest BCUT2D eigenvalue weighted by Gasteiger charge is 2.10. The van der Waals surface area contributed by atoms with Gasteiger partial charge in [-0.1, -0.05) is 5.16 Å². The van der Waals surface area contributed by atoms with Crippen molar-refractivity contribution in [2.45, 2.75) is 20.5 Å². The van der Waals surface area contributed by atoms with Crippen molar-refractivity contribution in [2.24, 2.45) is 0 Å². The van der Waals surface area contributed by atoms with Crippen molar-refractivity contribution in [3.8, 4) is 0 Å². The molecule has 0 amide bonds. The Hall–Kier alpha value is -1.82. The minimum absolute atomic E-state index is 0.145. The predicted octanol–water partition coefficient (Wildman–Crippen LogP) is 3.40. The summed E-state index contributed by atoms with van der Waals surface area (Å²) in [6.45, 7) is 3.72. The average Bonchev–Trinajstić information content (AvgIpc) is 2.92. The SMILES string of the molecule is Cc1noc(C)c1COC(=O)C=Cc1ccc(Br)o1. The van der Waals surface area contributed by atoms with Crippen LogP contribution in [-0.2, 0) is 16.1 Å². The number of hydrogen-bond acceptors (Lipinski definition) is 5.